The summed E-state index contributed by atoms with van der Waals surface area (Å²) >= 11 is 3.41. The number of hydrogen-bond acceptors (Lipinski definition) is 2. The molecule has 3 heteroatoms. The Kier molecular flexibility index (Phi) is 3.95. The van der Waals surface area contributed by atoms with E-state index in [1.165, 1.54) is 11.1 Å². The van der Waals surface area contributed by atoms with Crippen molar-refractivity contribution >= 4 is 15.9 Å². The van der Waals surface area contributed by atoms with Crippen LogP contribution in [0.2, 0.25) is 0 Å². The van der Waals surface area contributed by atoms with E-state index in [2.05, 4.69) is 66.8 Å². The Morgan fingerprint density at radius 1 is 1.11 bits per heavy atom. The highest BCUT2D eigenvalue weighted by Crippen LogP contribution is 2.35. The third-order valence-corrected chi connectivity index (χ3v) is 3.29. The van der Waals surface area contributed by atoms with Crippen molar-refractivity contribution in [1.29, 1.82) is 0 Å². The molecule has 0 N–H and O–H groups in total. The Morgan fingerprint density at radius 3 is 2.47 bits per heavy atom. The van der Waals surface area contributed by atoms with Crippen LogP contribution >= 0.6 is 15.9 Å². The van der Waals surface area contributed by atoms with Gasteiger partial charge in [-0.15, -0.1) is 0 Å². The molecule has 2 rings (SSSR count). The fraction of sp³-hybridized carbons (Fsp3) is 0.312. The molecule has 19 heavy (non-hydrogen) atoms. The van der Waals surface area contributed by atoms with Gasteiger partial charge in [0.1, 0.15) is 11.5 Å². The number of nitrogens with zero attached hydrogens (tertiary/aromatic N) is 1. The van der Waals surface area contributed by atoms with E-state index in [-0.39, 0.29) is 5.41 Å². The van der Waals surface area contributed by atoms with Crippen LogP contribution in [-0.2, 0) is 5.41 Å². The van der Waals surface area contributed by atoms with E-state index in [0.717, 1.165) is 16.0 Å². The first-order valence-electron chi connectivity index (χ1n) is 6.26. The summed E-state index contributed by atoms with van der Waals surface area (Å²) in [4.78, 5) is 4.12. The van der Waals surface area contributed by atoms with Gasteiger partial charge in [0.05, 0.1) is 6.20 Å². The molecule has 100 valence electrons. The lowest BCUT2D eigenvalue weighted by Gasteiger charge is -2.23. The summed E-state index contributed by atoms with van der Waals surface area (Å²) in [5.41, 5.74) is 2.42. The van der Waals surface area contributed by atoms with E-state index in [1.807, 2.05) is 6.07 Å². The number of hydrogen-bond donors (Lipinski definition) is 0. The molecule has 1 aromatic carbocycles. The van der Waals surface area contributed by atoms with Crippen molar-refractivity contribution in [1.82, 2.24) is 4.98 Å². The number of ether oxygens (including phenoxy) is 1. The van der Waals surface area contributed by atoms with Gasteiger partial charge in [-0.05, 0) is 46.0 Å². The number of benzene rings is 1. The minimum absolute atomic E-state index is 0.0441. The fourth-order valence-electron chi connectivity index (χ4n) is 1.91. The van der Waals surface area contributed by atoms with E-state index >= 15 is 0 Å². The molecule has 0 bridgehead atoms. The van der Waals surface area contributed by atoms with Crippen molar-refractivity contribution in [3.63, 3.8) is 0 Å². The Balaban J connectivity index is 2.41. The van der Waals surface area contributed by atoms with Crippen molar-refractivity contribution in [3.05, 3.63) is 52.3 Å². The van der Waals surface area contributed by atoms with Gasteiger partial charge in [0.15, 0.2) is 0 Å². The molecule has 0 unspecified atom stereocenters. The molecule has 0 aliphatic rings. The lowest BCUT2D eigenvalue weighted by Crippen LogP contribution is -2.12. The van der Waals surface area contributed by atoms with E-state index in [0.29, 0.717) is 0 Å². The normalized spacial score (nSPS) is 11.4. The third kappa shape index (κ3) is 3.57. The van der Waals surface area contributed by atoms with Gasteiger partial charge in [-0.1, -0.05) is 32.9 Å². The van der Waals surface area contributed by atoms with Gasteiger partial charge in [0.25, 0.3) is 0 Å². The molecular weight excluding hydrogens is 302 g/mol. The van der Waals surface area contributed by atoms with Crippen molar-refractivity contribution < 1.29 is 4.74 Å². The molecule has 0 spiro atoms. The fourth-order valence-corrected chi connectivity index (χ4v) is 2.25. The molecule has 0 saturated carbocycles. The van der Waals surface area contributed by atoms with Gasteiger partial charge >= 0.3 is 0 Å². The molecule has 0 aliphatic carbocycles. The van der Waals surface area contributed by atoms with Crippen molar-refractivity contribution in [2.24, 2.45) is 0 Å². The van der Waals surface area contributed by atoms with Gasteiger partial charge in [-0.3, -0.25) is 4.98 Å². The quantitative estimate of drug-likeness (QED) is 0.754. The topological polar surface area (TPSA) is 22.1 Å². The predicted molar refractivity (Wildman–Crippen MR) is 81.9 cm³/mol. The van der Waals surface area contributed by atoms with Crippen LogP contribution in [0, 0.1) is 6.92 Å². The van der Waals surface area contributed by atoms with Crippen molar-refractivity contribution in [2.45, 2.75) is 33.1 Å². The standard InChI is InChI=1S/C16H18BrNO/c1-11-5-6-14(16(2,3)4)15(7-11)19-13-8-12(17)9-18-10-13/h5-10H,1-4H3. The van der Waals surface area contributed by atoms with Gasteiger partial charge in [-0.25, -0.2) is 0 Å². The van der Waals surface area contributed by atoms with Crippen LogP contribution in [0.3, 0.4) is 0 Å². The predicted octanol–water partition coefficient (Wildman–Crippen LogP) is 5.24. The van der Waals surface area contributed by atoms with E-state index in [9.17, 15) is 0 Å². The van der Waals surface area contributed by atoms with Gasteiger partial charge < -0.3 is 4.74 Å². The first-order chi connectivity index (χ1) is 8.86. The minimum Gasteiger partial charge on any atom is -0.455 e. The summed E-state index contributed by atoms with van der Waals surface area (Å²) in [6, 6.07) is 8.24. The Bertz CT molecular complexity index is 588. The first kappa shape index (κ1) is 14.1. The number of pyridine rings is 1. The number of halogens is 1. The van der Waals surface area contributed by atoms with Crippen LogP contribution in [0.1, 0.15) is 31.9 Å². The monoisotopic (exact) mass is 319 g/mol. The second-order valence-electron chi connectivity index (χ2n) is 5.69. The highest BCUT2D eigenvalue weighted by molar-refractivity contribution is 9.10. The van der Waals surface area contributed by atoms with E-state index in [1.54, 1.807) is 12.4 Å². The molecule has 0 fully saturated rings. The maximum Gasteiger partial charge on any atom is 0.146 e. The lowest BCUT2D eigenvalue weighted by atomic mass is 9.86. The van der Waals surface area contributed by atoms with Gasteiger partial charge in [0, 0.05) is 16.2 Å². The Hall–Kier alpha value is -1.35. The van der Waals surface area contributed by atoms with Gasteiger partial charge in [-0.2, -0.15) is 0 Å². The van der Waals surface area contributed by atoms with Crippen LogP contribution in [0.25, 0.3) is 0 Å². The summed E-state index contributed by atoms with van der Waals surface area (Å²) in [6.45, 7) is 8.62. The average Bonchev–Trinajstić information content (AvgIpc) is 2.27. The molecule has 0 amide bonds. The SMILES string of the molecule is Cc1ccc(C(C)(C)C)c(Oc2cncc(Br)c2)c1. The summed E-state index contributed by atoms with van der Waals surface area (Å²) < 4.78 is 6.92. The highest BCUT2D eigenvalue weighted by Gasteiger charge is 2.19. The number of aromatic nitrogens is 1. The molecule has 1 aromatic heterocycles. The second-order valence-corrected chi connectivity index (χ2v) is 6.61. The zero-order chi connectivity index (χ0) is 14.0. The largest absolute Gasteiger partial charge is 0.455 e. The molecule has 2 aromatic rings. The molecule has 0 aliphatic heterocycles. The average molecular weight is 320 g/mol. The number of aryl methyl sites for hydroxylation is 1. The molecule has 0 atom stereocenters. The smallest absolute Gasteiger partial charge is 0.146 e. The van der Waals surface area contributed by atoms with Crippen LogP contribution in [-0.4, -0.2) is 4.98 Å². The maximum atomic E-state index is 6.01. The summed E-state index contributed by atoms with van der Waals surface area (Å²) in [6.07, 6.45) is 3.47. The zero-order valence-electron chi connectivity index (χ0n) is 11.7. The van der Waals surface area contributed by atoms with E-state index in [4.69, 9.17) is 4.74 Å². The molecular formula is C16H18BrNO. The second kappa shape index (κ2) is 5.33. The summed E-state index contributed by atoms with van der Waals surface area (Å²) in [7, 11) is 0. The molecule has 1 heterocycles. The van der Waals surface area contributed by atoms with Crippen LogP contribution in [0.5, 0.6) is 11.5 Å². The van der Waals surface area contributed by atoms with Crippen LogP contribution < -0.4 is 4.74 Å². The van der Waals surface area contributed by atoms with Crippen LogP contribution in [0.4, 0.5) is 0 Å². The number of rotatable bonds is 2. The summed E-state index contributed by atoms with van der Waals surface area (Å²) in [5.74, 6) is 1.64. The Morgan fingerprint density at radius 2 is 1.84 bits per heavy atom. The summed E-state index contributed by atoms with van der Waals surface area (Å²) in [5, 5.41) is 0. The maximum absolute atomic E-state index is 6.01. The third-order valence-electron chi connectivity index (χ3n) is 2.85. The lowest BCUT2D eigenvalue weighted by molar-refractivity contribution is 0.453. The Labute approximate surface area is 123 Å². The van der Waals surface area contributed by atoms with E-state index < -0.39 is 0 Å². The van der Waals surface area contributed by atoms with Crippen molar-refractivity contribution in [2.75, 3.05) is 0 Å². The van der Waals surface area contributed by atoms with Crippen LogP contribution in [0.15, 0.2) is 41.1 Å². The van der Waals surface area contributed by atoms with Gasteiger partial charge in [0.2, 0.25) is 0 Å². The minimum atomic E-state index is 0.0441. The molecule has 2 nitrogen and oxygen atoms in total. The highest BCUT2D eigenvalue weighted by atomic mass is 79.9. The zero-order valence-corrected chi connectivity index (χ0v) is 13.3. The van der Waals surface area contributed by atoms with Crippen molar-refractivity contribution in [3.8, 4) is 11.5 Å². The molecule has 0 saturated heterocycles. The first-order valence-corrected chi connectivity index (χ1v) is 7.05. The molecule has 0 radical (unpaired) electrons.